The minimum Gasteiger partial charge on any atom is -0.481 e. The van der Waals surface area contributed by atoms with Crippen LogP contribution >= 0.6 is 24.4 Å². The van der Waals surface area contributed by atoms with E-state index in [1.165, 1.54) is 11.8 Å². The zero-order valence-electron chi connectivity index (χ0n) is 18.1. The number of carbonyl (C=O) groups excluding carboxylic acids is 4. The molecular formula is C18H31N5O8S2. The van der Waals surface area contributed by atoms with Crippen molar-refractivity contribution in [3.63, 3.8) is 0 Å². The van der Waals surface area contributed by atoms with E-state index in [4.69, 9.17) is 16.6 Å². The predicted molar refractivity (Wildman–Crippen MR) is 124 cm³/mol. The number of thioether (sulfide) groups is 1. The van der Waals surface area contributed by atoms with Gasteiger partial charge < -0.3 is 37.6 Å². The third kappa shape index (κ3) is 12.9. The molecule has 4 atom stereocenters. The second-order valence-electron chi connectivity index (χ2n) is 7.03. The Kier molecular flexibility index (Phi) is 14.9. The van der Waals surface area contributed by atoms with E-state index >= 15 is 0 Å². The van der Waals surface area contributed by atoms with Gasteiger partial charge in [-0.2, -0.15) is 24.4 Å². The molecule has 0 saturated carbocycles. The molecule has 0 aliphatic carbocycles. The van der Waals surface area contributed by atoms with Gasteiger partial charge in [-0.1, -0.05) is 0 Å². The fourth-order valence-electron chi connectivity index (χ4n) is 2.48. The topological polar surface area (TPSA) is 231 Å². The van der Waals surface area contributed by atoms with Crippen LogP contribution in [0.1, 0.15) is 32.1 Å². The Balaban J connectivity index is 5.20. The summed E-state index contributed by atoms with van der Waals surface area (Å²) in [4.78, 5) is 70.3. The predicted octanol–water partition coefficient (Wildman–Crippen LogP) is -2.33. The lowest BCUT2D eigenvalue weighted by atomic mass is 10.1. The van der Waals surface area contributed by atoms with Gasteiger partial charge in [-0.05, 0) is 31.3 Å². The lowest BCUT2D eigenvalue weighted by Gasteiger charge is -2.24. The first-order valence-corrected chi connectivity index (χ1v) is 11.9. The van der Waals surface area contributed by atoms with Gasteiger partial charge in [0.25, 0.3) is 0 Å². The van der Waals surface area contributed by atoms with Gasteiger partial charge in [-0.25, -0.2) is 4.79 Å². The number of primary amides is 1. The van der Waals surface area contributed by atoms with Crippen molar-refractivity contribution in [2.45, 2.75) is 56.3 Å². The van der Waals surface area contributed by atoms with Crippen molar-refractivity contribution < 1.29 is 39.0 Å². The molecule has 0 heterocycles. The Bertz CT molecular complexity index is 724. The normalized spacial score (nSPS) is 14.3. The highest BCUT2D eigenvalue weighted by molar-refractivity contribution is 7.98. The molecule has 0 aliphatic heterocycles. The van der Waals surface area contributed by atoms with Gasteiger partial charge in [0.1, 0.15) is 18.1 Å². The number of carboxylic acid groups (broad SMARTS) is 2. The van der Waals surface area contributed by atoms with Gasteiger partial charge in [0.2, 0.25) is 23.6 Å². The lowest BCUT2D eigenvalue weighted by molar-refractivity contribution is -0.143. The Morgan fingerprint density at radius 2 is 1.39 bits per heavy atom. The van der Waals surface area contributed by atoms with Crippen molar-refractivity contribution in [2.75, 3.05) is 17.8 Å². The van der Waals surface area contributed by atoms with E-state index < -0.39 is 66.2 Å². The minimum absolute atomic E-state index is 0.0201. The molecule has 0 rings (SSSR count). The van der Waals surface area contributed by atoms with Crippen molar-refractivity contribution in [2.24, 2.45) is 11.5 Å². The van der Waals surface area contributed by atoms with Crippen LogP contribution in [0.2, 0.25) is 0 Å². The van der Waals surface area contributed by atoms with E-state index in [0.717, 1.165) is 0 Å². The lowest BCUT2D eigenvalue weighted by Crippen LogP contribution is -2.57. The highest BCUT2D eigenvalue weighted by atomic mass is 32.2. The maximum absolute atomic E-state index is 12.6. The summed E-state index contributed by atoms with van der Waals surface area (Å²) in [6.45, 7) is 0. The average molecular weight is 510 g/mol. The number of rotatable bonds is 17. The Morgan fingerprint density at radius 3 is 1.88 bits per heavy atom. The molecule has 0 fully saturated rings. The molecule has 0 spiro atoms. The third-order valence-corrected chi connectivity index (χ3v) is 5.37. The monoisotopic (exact) mass is 509 g/mol. The maximum Gasteiger partial charge on any atom is 0.326 e. The van der Waals surface area contributed by atoms with E-state index in [2.05, 4.69) is 28.6 Å². The number of nitrogens with one attached hydrogen (secondary N) is 3. The van der Waals surface area contributed by atoms with Crippen LogP contribution in [0, 0.1) is 0 Å². The number of carbonyl (C=O) groups is 6. The summed E-state index contributed by atoms with van der Waals surface area (Å²) >= 11 is 5.41. The van der Waals surface area contributed by atoms with Crippen molar-refractivity contribution in [1.82, 2.24) is 16.0 Å². The summed E-state index contributed by atoms with van der Waals surface area (Å²) in [7, 11) is 0. The number of thiol groups is 1. The highest BCUT2D eigenvalue weighted by Gasteiger charge is 2.30. The van der Waals surface area contributed by atoms with Gasteiger partial charge in [-0.3, -0.25) is 24.0 Å². The van der Waals surface area contributed by atoms with E-state index in [-0.39, 0.29) is 31.4 Å². The SMILES string of the molecule is CSCCC(NC(=O)C(CS)NC(=O)C(N)CCC(N)=O)C(=O)NC(CCC(=O)O)C(=O)O. The number of hydrogen-bond acceptors (Lipinski definition) is 9. The molecule has 0 aromatic heterocycles. The quantitative estimate of drug-likeness (QED) is 0.0974. The summed E-state index contributed by atoms with van der Waals surface area (Å²) in [6.07, 6.45) is 0.980. The van der Waals surface area contributed by atoms with Crippen LogP contribution in [-0.2, 0) is 28.8 Å². The Hall–Kier alpha value is -2.52. The number of nitrogens with two attached hydrogens (primary N) is 2. The van der Waals surface area contributed by atoms with E-state index in [1.54, 1.807) is 6.26 Å². The summed E-state index contributed by atoms with van der Waals surface area (Å²) in [6, 6.07) is -4.84. The zero-order chi connectivity index (χ0) is 25.6. The Labute approximate surface area is 200 Å². The summed E-state index contributed by atoms with van der Waals surface area (Å²) in [5, 5.41) is 25.0. The molecule has 188 valence electrons. The van der Waals surface area contributed by atoms with Crippen molar-refractivity contribution in [3.8, 4) is 0 Å². The number of carboxylic acids is 2. The molecule has 0 radical (unpaired) electrons. The standard InChI is InChI=1S/C18H31N5O8S2/c1-33-7-6-10(16(28)22-11(18(30)31)3-5-14(25)26)21-17(29)12(8-32)23-15(27)9(19)2-4-13(20)24/h9-12,32H,2-8,19H2,1H3,(H2,20,24)(H,21,29)(H,22,28)(H,23,27)(H,25,26)(H,30,31). The second kappa shape index (κ2) is 16.1. The fraction of sp³-hybridized carbons (Fsp3) is 0.667. The molecule has 4 amide bonds. The van der Waals surface area contributed by atoms with Crippen LogP contribution in [0.25, 0.3) is 0 Å². The van der Waals surface area contributed by atoms with Crippen LogP contribution in [0.15, 0.2) is 0 Å². The van der Waals surface area contributed by atoms with E-state index in [0.29, 0.717) is 5.75 Å². The Morgan fingerprint density at radius 1 is 0.848 bits per heavy atom. The fourth-order valence-corrected chi connectivity index (χ4v) is 3.20. The first-order valence-electron chi connectivity index (χ1n) is 9.92. The smallest absolute Gasteiger partial charge is 0.326 e. The molecule has 33 heavy (non-hydrogen) atoms. The second-order valence-corrected chi connectivity index (χ2v) is 8.38. The number of amides is 4. The number of aliphatic carboxylic acids is 2. The molecule has 0 aromatic rings. The van der Waals surface area contributed by atoms with Gasteiger partial charge in [0.05, 0.1) is 6.04 Å². The number of hydrogen-bond donors (Lipinski definition) is 8. The van der Waals surface area contributed by atoms with E-state index in [9.17, 15) is 33.9 Å². The molecule has 0 aromatic carbocycles. The molecule has 15 heteroatoms. The van der Waals surface area contributed by atoms with E-state index in [1.807, 2.05) is 0 Å². The molecular weight excluding hydrogens is 478 g/mol. The van der Waals surface area contributed by atoms with Gasteiger partial charge >= 0.3 is 11.9 Å². The first-order chi connectivity index (χ1) is 15.4. The van der Waals surface area contributed by atoms with Crippen LogP contribution in [0.5, 0.6) is 0 Å². The van der Waals surface area contributed by atoms with Crippen LogP contribution in [0.4, 0.5) is 0 Å². The molecule has 4 unspecified atom stereocenters. The summed E-state index contributed by atoms with van der Waals surface area (Å²) in [5.74, 6) is -5.22. The van der Waals surface area contributed by atoms with Gasteiger partial charge in [-0.15, -0.1) is 0 Å². The highest BCUT2D eigenvalue weighted by Crippen LogP contribution is 2.05. The molecule has 0 aliphatic rings. The van der Waals surface area contributed by atoms with Crippen molar-refractivity contribution in [3.05, 3.63) is 0 Å². The maximum atomic E-state index is 12.6. The molecule has 13 nitrogen and oxygen atoms in total. The largest absolute Gasteiger partial charge is 0.481 e. The molecule has 9 N–H and O–H groups in total. The molecule has 0 saturated heterocycles. The minimum atomic E-state index is -1.45. The summed E-state index contributed by atoms with van der Waals surface area (Å²) in [5.41, 5.74) is 10.7. The first kappa shape index (κ1) is 30.5. The van der Waals surface area contributed by atoms with Gasteiger partial charge in [0, 0.05) is 18.6 Å². The average Bonchev–Trinajstić information content (AvgIpc) is 2.74. The van der Waals surface area contributed by atoms with Crippen LogP contribution in [-0.4, -0.2) is 87.7 Å². The summed E-state index contributed by atoms with van der Waals surface area (Å²) < 4.78 is 0. The molecule has 0 bridgehead atoms. The van der Waals surface area contributed by atoms with Crippen LogP contribution in [0.3, 0.4) is 0 Å². The van der Waals surface area contributed by atoms with Gasteiger partial charge in [0.15, 0.2) is 0 Å². The van der Waals surface area contributed by atoms with Crippen molar-refractivity contribution in [1.29, 1.82) is 0 Å². The third-order valence-electron chi connectivity index (χ3n) is 4.36. The van der Waals surface area contributed by atoms with Crippen LogP contribution < -0.4 is 27.4 Å². The zero-order valence-corrected chi connectivity index (χ0v) is 19.8. The van der Waals surface area contributed by atoms with Crippen molar-refractivity contribution >= 4 is 60.0 Å².